The summed E-state index contributed by atoms with van der Waals surface area (Å²) in [6, 6.07) is 29.9. The number of amidine groups is 1. The van der Waals surface area contributed by atoms with E-state index in [1.54, 1.807) is 29.2 Å². The number of nitrogens with zero attached hydrogens (tertiary/aromatic N) is 3. The monoisotopic (exact) mass is 557 g/mol. The fourth-order valence-electron chi connectivity index (χ4n) is 4.36. The Bertz CT molecular complexity index is 1640. The number of carbonyl (C=O) groups excluding carboxylic acids is 1. The number of non-ortho nitro benzene ring substituents is 1. The van der Waals surface area contributed by atoms with Gasteiger partial charge in [0.15, 0.2) is 11.0 Å². The first kappa shape index (κ1) is 26.3. The Hall–Kier alpha value is -4.28. The van der Waals surface area contributed by atoms with Crippen molar-refractivity contribution < 1.29 is 18.1 Å². The Morgan fingerprint density at radius 2 is 1.46 bits per heavy atom. The molecule has 1 fully saturated rings. The smallest absolute Gasteiger partial charge is 0.284 e. The zero-order valence-electron chi connectivity index (χ0n) is 20.7. The normalized spacial score (nSPS) is 18.3. The van der Waals surface area contributed by atoms with Crippen LogP contribution < -0.4 is 4.90 Å². The quantitative estimate of drug-likeness (QED) is 0.151. The van der Waals surface area contributed by atoms with Crippen molar-refractivity contribution >= 4 is 44.1 Å². The molecule has 10 heteroatoms. The highest BCUT2D eigenvalue weighted by Crippen LogP contribution is 2.46. The third-order valence-corrected chi connectivity index (χ3v) is 8.94. The molecule has 0 unspecified atom stereocenters. The molecule has 0 amide bonds. The highest BCUT2D eigenvalue weighted by molar-refractivity contribution is 8.16. The average Bonchev–Trinajstić information content (AvgIpc) is 3.32. The highest BCUT2D eigenvalue weighted by atomic mass is 32.2. The number of Topliss-reactive ketones (excluding diaryl/α,β-unsaturated/α-hetero) is 1. The molecule has 4 aromatic rings. The molecule has 1 heterocycles. The average molecular weight is 558 g/mol. The first-order valence-corrected chi connectivity index (χ1v) is 14.3. The molecule has 0 N–H and O–H groups in total. The number of sulfonamides is 1. The minimum Gasteiger partial charge on any atom is -0.311 e. The molecule has 1 saturated heterocycles. The maximum atomic E-state index is 13.8. The Morgan fingerprint density at radius 1 is 0.872 bits per heavy atom. The van der Waals surface area contributed by atoms with Crippen LogP contribution in [0.2, 0.25) is 0 Å². The summed E-state index contributed by atoms with van der Waals surface area (Å²) in [5.41, 5.74) is 2.83. The number of rotatable bonds is 7. The second-order valence-electron chi connectivity index (χ2n) is 8.93. The van der Waals surface area contributed by atoms with Crippen LogP contribution in [0.3, 0.4) is 0 Å². The van der Waals surface area contributed by atoms with Gasteiger partial charge in [-0.1, -0.05) is 90.1 Å². The fraction of sp³-hybridized carbons (Fsp3) is 0.103. The maximum Gasteiger partial charge on any atom is 0.284 e. The number of thioether (sulfide) groups is 1. The number of nitro benzene ring substituents is 1. The lowest BCUT2D eigenvalue weighted by Crippen LogP contribution is -2.33. The van der Waals surface area contributed by atoms with Crippen LogP contribution in [0, 0.1) is 17.0 Å². The topological polar surface area (TPSA) is 110 Å². The second kappa shape index (κ2) is 10.8. The fourth-order valence-corrected chi connectivity index (χ4v) is 6.92. The summed E-state index contributed by atoms with van der Waals surface area (Å²) < 4.78 is 31.0. The SMILES string of the molecule is Cc1ccc(N2/C(=N\S(=O)(=O)c3ccc([N+](=O)[O-])cc3)S[C@@H](C(=O)c3ccccc3)[C@@H]2c2ccccc2)cc1. The molecule has 0 aromatic heterocycles. The number of benzene rings is 4. The lowest BCUT2D eigenvalue weighted by Gasteiger charge is -2.28. The summed E-state index contributed by atoms with van der Waals surface area (Å²) in [7, 11) is -4.26. The molecule has 196 valence electrons. The van der Waals surface area contributed by atoms with E-state index in [9.17, 15) is 23.3 Å². The summed E-state index contributed by atoms with van der Waals surface area (Å²) in [6.45, 7) is 1.95. The van der Waals surface area contributed by atoms with Gasteiger partial charge in [0.1, 0.15) is 5.25 Å². The van der Waals surface area contributed by atoms with Crippen molar-refractivity contribution in [1.29, 1.82) is 0 Å². The Balaban J connectivity index is 1.66. The van der Waals surface area contributed by atoms with E-state index in [1.807, 2.05) is 67.6 Å². The van der Waals surface area contributed by atoms with Gasteiger partial charge in [-0.3, -0.25) is 14.9 Å². The molecule has 0 saturated carbocycles. The number of anilines is 1. The summed E-state index contributed by atoms with van der Waals surface area (Å²) in [5.74, 6) is -0.149. The molecule has 0 spiro atoms. The lowest BCUT2D eigenvalue weighted by atomic mass is 9.96. The van der Waals surface area contributed by atoms with Crippen LogP contribution in [0.4, 0.5) is 11.4 Å². The summed E-state index contributed by atoms with van der Waals surface area (Å²) in [4.78, 5) is 25.9. The Labute approximate surface area is 230 Å². The van der Waals surface area contributed by atoms with Crippen LogP contribution in [0.25, 0.3) is 0 Å². The molecule has 5 rings (SSSR count). The summed E-state index contributed by atoms with van der Waals surface area (Å²) in [6.07, 6.45) is 0. The highest BCUT2D eigenvalue weighted by Gasteiger charge is 2.46. The summed E-state index contributed by atoms with van der Waals surface area (Å²) in [5, 5.41) is 10.5. The zero-order chi connectivity index (χ0) is 27.6. The van der Waals surface area contributed by atoms with E-state index in [0.29, 0.717) is 11.3 Å². The molecular formula is C29H23N3O5S2. The standard InChI is InChI=1S/C29H23N3O5S2/c1-20-12-14-23(15-13-20)31-26(21-8-4-2-5-9-21)28(27(33)22-10-6-3-7-11-22)38-29(31)30-39(36,37)25-18-16-24(17-19-25)32(34)35/h2-19,26,28H,1H3/b30-29+/t26-,28+/m0/s1. The van der Waals surface area contributed by atoms with E-state index in [2.05, 4.69) is 4.40 Å². The van der Waals surface area contributed by atoms with Gasteiger partial charge in [0, 0.05) is 23.4 Å². The van der Waals surface area contributed by atoms with E-state index in [-0.39, 0.29) is 21.5 Å². The van der Waals surface area contributed by atoms with E-state index in [0.717, 1.165) is 47.2 Å². The Morgan fingerprint density at radius 3 is 2.05 bits per heavy atom. The predicted octanol–water partition coefficient (Wildman–Crippen LogP) is 6.19. The molecule has 8 nitrogen and oxygen atoms in total. The number of hydrogen-bond acceptors (Lipinski definition) is 6. The van der Waals surface area contributed by atoms with Crippen molar-refractivity contribution in [3.63, 3.8) is 0 Å². The molecule has 0 aliphatic carbocycles. The molecule has 2 atom stereocenters. The van der Waals surface area contributed by atoms with Gasteiger partial charge in [-0.25, -0.2) is 0 Å². The maximum absolute atomic E-state index is 13.8. The zero-order valence-corrected chi connectivity index (χ0v) is 22.4. The van der Waals surface area contributed by atoms with Crippen LogP contribution in [0.5, 0.6) is 0 Å². The third-order valence-electron chi connectivity index (χ3n) is 6.32. The van der Waals surface area contributed by atoms with Gasteiger partial charge in [-0.15, -0.1) is 4.40 Å². The lowest BCUT2D eigenvalue weighted by molar-refractivity contribution is -0.384. The third kappa shape index (κ3) is 5.47. The molecule has 0 radical (unpaired) electrons. The van der Waals surface area contributed by atoms with E-state index in [4.69, 9.17) is 0 Å². The molecule has 1 aliphatic heterocycles. The van der Waals surface area contributed by atoms with Crippen LogP contribution in [0.1, 0.15) is 27.5 Å². The first-order chi connectivity index (χ1) is 18.7. The minimum atomic E-state index is -4.26. The molecule has 4 aromatic carbocycles. The predicted molar refractivity (Wildman–Crippen MR) is 153 cm³/mol. The van der Waals surface area contributed by atoms with Gasteiger partial charge < -0.3 is 4.90 Å². The molecule has 1 aliphatic rings. The van der Waals surface area contributed by atoms with Gasteiger partial charge in [-0.05, 0) is 36.8 Å². The minimum absolute atomic E-state index is 0.139. The number of nitro groups is 1. The molecular weight excluding hydrogens is 534 g/mol. The van der Waals surface area contributed by atoms with Gasteiger partial charge >= 0.3 is 0 Å². The van der Waals surface area contributed by atoms with Crippen LogP contribution in [-0.4, -0.2) is 29.5 Å². The number of carbonyl (C=O) groups is 1. The van der Waals surface area contributed by atoms with Gasteiger partial charge in [0.05, 0.1) is 15.9 Å². The van der Waals surface area contributed by atoms with Crippen molar-refractivity contribution in [3.8, 4) is 0 Å². The largest absolute Gasteiger partial charge is 0.311 e. The number of aryl methyl sites for hydroxylation is 1. The van der Waals surface area contributed by atoms with E-state index in [1.165, 1.54) is 0 Å². The number of hydrogen-bond donors (Lipinski definition) is 0. The van der Waals surface area contributed by atoms with Crippen LogP contribution >= 0.6 is 11.8 Å². The van der Waals surface area contributed by atoms with Crippen molar-refractivity contribution in [1.82, 2.24) is 0 Å². The Kier molecular flexibility index (Phi) is 7.32. The van der Waals surface area contributed by atoms with Crippen molar-refractivity contribution in [2.75, 3.05) is 4.90 Å². The first-order valence-electron chi connectivity index (χ1n) is 12.0. The van der Waals surface area contributed by atoms with Crippen molar-refractivity contribution in [3.05, 3.63) is 136 Å². The van der Waals surface area contributed by atoms with E-state index < -0.39 is 26.2 Å². The molecule has 39 heavy (non-hydrogen) atoms. The van der Waals surface area contributed by atoms with Crippen molar-refractivity contribution in [2.45, 2.75) is 23.1 Å². The summed E-state index contributed by atoms with van der Waals surface area (Å²) >= 11 is 1.09. The molecule has 0 bridgehead atoms. The van der Waals surface area contributed by atoms with Gasteiger partial charge in [0.25, 0.3) is 15.7 Å². The number of ketones is 1. The van der Waals surface area contributed by atoms with Crippen LogP contribution in [0.15, 0.2) is 118 Å². The second-order valence-corrected chi connectivity index (χ2v) is 11.6. The van der Waals surface area contributed by atoms with Gasteiger partial charge in [0.2, 0.25) is 0 Å². The van der Waals surface area contributed by atoms with Crippen molar-refractivity contribution in [2.24, 2.45) is 4.40 Å². The van der Waals surface area contributed by atoms with Crippen LogP contribution in [-0.2, 0) is 10.0 Å². The van der Waals surface area contributed by atoms with E-state index >= 15 is 0 Å². The van der Waals surface area contributed by atoms with Gasteiger partial charge in [-0.2, -0.15) is 8.42 Å².